The van der Waals surface area contributed by atoms with Crippen LogP contribution < -0.4 is 4.74 Å². The van der Waals surface area contributed by atoms with Crippen molar-refractivity contribution in [2.24, 2.45) is 0 Å². The van der Waals surface area contributed by atoms with Crippen LogP contribution in [-0.4, -0.2) is 21.1 Å². The van der Waals surface area contributed by atoms with Gasteiger partial charge in [0.25, 0.3) is 0 Å². The number of nitrogens with zero attached hydrogens (tertiary/aromatic N) is 3. The molecule has 0 saturated heterocycles. The molecular formula is C17H19N3O. The third-order valence-corrected chi connectivity index (χ3v) is 3.58. The number of hydrogen-bond donors (Lipinski definition) is 0. The largest absolute Gasteiger partial charge is 0.494 e. The minimum Gasteiger partial charge on any atom is -0.494 e. The Morgan fingerprint density at radius 1 is 1.19 bits per heavy atom. The molecule has 0 amide bonds. The maximum atomic E-state index is 5.57. The van der Waals surface area contributed by atoms with Crippen LogP contribution in [0.1, 0.15) is 19.4 Å². The Balaban J connectivity index is 2.16. The summed E-state index contributed by atoms with van der Waals surface area (Å²) in [6, 6.07) is 8.15. The summed E-state index contributed by atoms with van der Waals surface area (Å²) in [5.74, 6) is 1.76. The number of aryl methyl sites for hydroxylation is 2. The molecule has 4 heteroatoms. The summed E-state index contributed by atoms with van der Waals surface area (Å²) >= 11 is 0. The van der Waals surface area contributed by atoms with E-state index in [1.165, 1.54) is 5.56 Å². The zero-order valence-electron chi connectivity index (χ0n) is 12.6. The minimum atomic E-state index is 0.657. The Morgan fingerprint density at radius 2 is 2.05 bits per heavy atom. The lowest BCUT2D eigenvalue weighted by Gasteiger charge is -2.09. The molecule has 0 radical (unpaired) electrons. The van der Waals surface area contributed by atoms with Crippen molar-refractivity contribution in [2.75, 3.05) is 6.61 Å². The van der Waals surface area contributed by atoms with Gasteiger partial charge in [-0.3, -0.25) is 0 Å². The van der Waals surface area contributed by atoms with Gasteiger partial charge in [-0.15, -0.1) is 0 Å². The zero-order chi connectivity index (χ0) is 14.8. The topological polar surface area (TPSA) is 39.9 Å². The van der Waals surface area contributed by atoms with Gasteiger partial charge in [0.1, 0.15) is 11.4 Å². The second kappa shape index (κ2) is 5.56. The number of imidazole rings is 1. The van der Waals surface area contributed by atoms with E-state index in [-0.39, 0.29) is 0 Å². The van der Waals surface area contributed by atoms with Gasteiger partial charge < -0.3 is 9.30 Å². The molecule has 2 heterocycles. The van der Waals surface area contributed by atoms with E-state index in [1.807, 2.05) is 31.5 Å². The lowest BCUT2D eigenvalue weighted by atomic mass is 10.1. The van der Waals surface area contributed by atoms with E-state index < -0.39 is 0 Å². The summed E-state index contributed by atoms with van der Waals surface area (Å²) in [7, 11) is 0. The third kappa shape index (κ3) is 2.49. The fourth-order valence-electron chi connectivity index (χ4n) is 2.55. The van der Waals surface area contributed by atoms with E-state index in [0.29, 0.717) is 6.61 Å². The number of ether oxygens (including phenoxy) is 1. The minimum absolute atomic E-state index is 0.657. The van der Waals surface area contributed by atoms with Gasteiger partial charge in [0.05, 0.1) is 12.1 Å². The van der Waals surface area contributed by atoms with Gasteiger partial charge in [0, 0.05) is 30.4 Å². The Morgan fingerprint density at radius 3 is 2.81 bits per heavy atom. The Labute approximate surface area is 124 Å². The maximum absolute atomic E-state index is 5.57. The highest BCUT2D eigenvalue weighted by atomic mass is 16.5. The van der Waals surface area contributed by atoms with Crippen LogP contribution in [0, 0.1) is 6.92 Å². The van der Waals surface area contributed by atoms with Gasteiger partial charge in [-0.25, -0.2) is 9.97 Å². The molecule has 0 bridgehead atoms. The molecule has 2 aromatic heterocycles. The maximum Gasteiger partial charge on any atom is 0.158 e. The predicted octanol–water partition coefficient (Wildman–Crippen LogP) is 3.83. The molecular weight excluding hydrogens is 262 g/mol. The van der Waals surface area contributed by atoms with Crippen molar-refractivity contribution in [3.63, 3.8) is 0 Å². The summed E-state index contributed by atoms with van der Waals surface area (Å²) in [5.41, 5.74) is 3.05. The van der Waals surface area contributed by atoms with E-state index in [0.717, 1.165) is 34.7 Å². The molecule has 0 fully saturated rings. The van der Waals surface area contributed by atoms with Crippen molar-refractivity contribution in [1.82, 2.24) is 14.5 Å². The van der Waals surface area contributed by atoms with Gasteiger partial charge in [-0.2, -0.15) is 0 Å². The highest BCUT2D eigenvalue weighted by molar-refractivity contribution is 5.85. The Kier molecular flexibility index (Phi) is 3.60. The molecule has 0 unspecified atom stereocenters. The SMILES string of the molecule is CCOc1ccc2c(C)cc(-c3nccn3CC)nc2c1. The number of hydrogen-bond acceptors (Lipinski definition) is 3. The molecule has 0 saturated carbocycles. The normalized spacial score (nSPS) is 11.0. The molecule has 21 heavy (non-hydrogen) atoms. The summed E-state index contributed by atoms with van der Waals surface area (Å²) in [5, 5.41) is 1.15. The average molecular weight is 281 g/mol. The number of rotatable bonds is 4. The molecule has 0 N–H and O–H groups in total. The van der Waals surface area contributed by atoms with Crippen molar-refractivity contribution in [3.05, 3.63) is 42.2 Å². The molecule has 1 aromatic carbocycles. The van der Waals surface area contributed by atoms with Crippen LogP contribution in [0.25, 0.3) is 22.4 Å². The molecule has 108 valence electrons. The Hall–Kier alpha value is -2.36. The molecule has 0 aliphatic heterocycles. The van der Waals surface area contributed by atoms with Crippen molar-refractivity contribution in [2.45, 2.75) is 27.3 Å². The lowest BCUT2D eigenvalue weighted by molar-refractivity contribution is 0.340. The molecule has 3 aromatic rings. The van der Waals surface area contributed by atoms with E-state index in [1.54, 1.807) is 0 Å². The third-order valence-electron chi connectivity index (χ3n) is 3.58. The lowest BCUT2D eigenvalue weighted by Crippen LogP contribution is -1.99. The van der Waals surface area contributed by atoms with Crippen LogP contribution in [-0.2, 0) is 6.54 Å². The van der Waals surface area contributed by atoms with E-state index >= 15 is 0 Å². The van der Waals surface area contributed by atoms with Gasteiger partial charge in [-0.05, 0) is 44.5 Å². The van der Waals surface area contributed by atoms with E-state index in [2.05, 4.69) is 35.5 Å². The van der Waals surface area contributed by atoms with Crippen LogP contribution in [0.3, 0.4) is 0 Å². The first kappa shape index (κ1) is 13.6. The van der Waals surface area contributed by atoms with Crippen molar-refractivity contribution >= 4 is 10.9 Å². The molecule has 0 aliphatic carbocycles. The van der Waals surface area contributed by atoms with E-state index in [4.69, 9.17) is 9.72 Å². The summed E-state index contributed by atoms with van der Waals surface area (Å²) < 4.78 is 7.67. The number of benzene rings is 1. The second-order valence-corrected chi connectivity index (χ2v) is 4.97. The number of pyridine rings is 1. The average Bonchev–Trinajstić information content (AvgIpc) is 2.95. The first-order chi connectivity index (χ1) is 10.2. The summed E-state index contributed by atoms with van der Waals surface area (Å²) in [4.78, 5) is 9.20. The summed E-state index contributed by atoms with van der Waals surface area (Å²) in [6.07, 6.45) is 3.80. The molecule has 0 spiro atoms. The second-order valence-electron chi connectivity index (χ2n) is 4.97. The van der Waals surface area contributed by atoms with Gasteiger partial charge in [0.15, 0.2) is 5.82 Å². The highest BCUT2D eigenvalue weighted by Gasteiger charge is 2.10. The van der Waals surface area contributed by atoms with Crippen LogP contribution >= 0.6 is 0 Å². The first-order valence-electron chi connectivity index (χ1n) is 7.28. The Bertz CT molecular complexity index is 777. The molecule has 0 aliphatic rings. The van der Waals surface area contributed by atoms with Crippen LogP contribution in [0.4, 0.5) is 0 Å². The predicted molar refractivity (Wildman–Crippen MR) is 84.5 cm³/mol. The molecule has 3 rings (SSSR count). The van der Waals surface area contributed by atoms with Crippen molar-refractivity contribution in [1.29, 1.82) is 0 Å². The van der Waals surface area contributed by atoms with Gasteiger partial charge in [-0.1, -0.05) is 0 Å². The number of fused-ring (bicyclic) bond motifs is 1. The fourth-order valence-corrected chi connectivity index (χ4v) is 2.55. The van der Waals surface area contributed by atoms with E-state index in [9.17, 15) is 0 Å². The molecule has 4 nitrogen and oxygen atoms in total. The van der Waals surface area contributed by atoms with Crippen molar-refractivity contribution < 1.29 is 4.74 Å². The fraction of sp³-hybridized carbons (Fsp3) is 0.294. The smallest absolute Gasteiger partial charge is 0.158 e. The van der Waals surface area contributed by atoms with Gasteiger partial charge >= 0.3 is 0 Å². The van der Waals surface area contributed by atoms with Crippen molar-refractivity contribution in [3.8, 4) is 17.3 Å². The quantitative estimate of drug-likeness (QED) is 0.729. The van der Waals surface area contributed by atoms with Crippen LogP contribution in [0.5, 0.6) is 5.75 Å². The summed E-state index contributed by atoms with van der Waals surface area (Å²) in [6.45, 7) is 7.73. The highest BCUT2D eigenvalue weighted by Crippen LogP contribution is 2.26. The van der Waals surface area contributed by atoms with Crippen LogP contribution in [0.2, 0.25) is 0 Å². The number of aromatic nitrogens is 3. The van der Waals surface area contributed by atoms with Gasteiger partial charge in [0.2, 0.25) is 0 Å². The van der Waals surface area contributed by atoms with Crippen LogP contribution in [0.15, 0.2) is 36.7 Å². The monoisotopic (exact) mass is 281 g/mol. The standard InChI is InChI=1S/C17H19N3O/c1-4-20-9-8-18-17(20)16-10-12(3)14-7-6-13(21-5-2)11-15(14)19-16/h6-11H,4-5H2,1-3H3. The first-order valence-corrected chi connectivity index (χ1v) is 7.28. The zero-order valence-corrected chi connectivity index (χ0v) is 12.6. The molecule has 0 atom stereocenters.